The highest BCUT2D eigenvalue weighted by molar-refractivity contribution is 5.53. The Morgan fingerprint density at radius 2 is 2.13 bits per heavy atom. The molecule has 1 spiro atoms. The molecule has 1 aromatic carbocycles. The van der Waals surface area contributed by atoms with E-state index in [0.29, 0.717) is 5.41 Å². The summed E-state index contributed by atoms with van der Waals surface area (Å²) in [5.74, 6) is 0.327. The molecule has 116 valence electrons. The topological polar surface area (TPSA) is 39.9 Å². The number of halogens is 1. The number of nitrogens with zero attached hydrogens (tertiary/aromatic N) is 3. The molecule has 0 N–H and O–H groups in total. The van der Waals surface area contributed by atoms with Gasteiger partial charge in [0, 0.05) is 36.6 Å². The first kappa shape index (κ1) is 14.2. The maximum Gasteiger partial charge on any atom is 0.143 e. The van der Waals surface area contributed by atoms with E-state index in [1.165, 1.54) is 24.5 Å². The lowest BCUT2D eigenvalue weighted by atomic mass is 9.56. The molecular formula is C19H18FN3. The van der Waals surface area contributed by atoms with Gasteiger partial charge in [-0.05, 0) is 55.0 Å². The van der Waals surface area contributed by atoms with Crippen LogP contribution in [0.4, 0.5) is 10.1 Å². The largest absolute Gasteiger partial charge is 0.370 e. The fourth-order valence-electron chi connectivity index (χ4n) is 4.16. The molecule has 2 aromatic rings. The molecule has 0 atom stereocenters. The Labute approximate surface area is 135 Å². The standard InChI is InChI=1S/C19H18FN3/c20-18-7-17(4-3-16(18)10-21)23-12-19(13-23)8-15(9-19)6-14-2-1-5-22-11-14/h1-5,7,11,15H,6,8-9,12-13H2. The highest BCUT2D eigenvalue weighted by Gasteiger charge is 2.52. The number of nitriles is 1. The zero-order chi connectivity index (χ0) is 15.9. The summed E-state index contributed by atoms with van der Waals surface area (Å²) in [5.41, 5.74) is 2.75. The Morgan fingerprint density at radius 3 is 2.78 bits per heavy atom. The van der Waals surface area contributed by atoms with Crippen LogP contribution in [0.2, 0.25) is 0 Å². The average Bonchev–Trinajstić information content (AvgIpc) is 2.49. The molecular weight excluding hydrogens is 289 g/mol. The van der Waals surface area contributed by atoms with Gasteiger partial charge in [0.25, 0.3) is 0 Å². The maximum absolute atomic E-state index is 13.7. The van der Waals surface area contributed by atoms with Gasteiger partial charge in [-0.2, -0.15) is 5.26 Å². The van der Waals surface area contributed by atoms with Crippen molar-refractivity contribution < 1.29 is 4.39 Å². The average molecular weight is 307 g/mol. The molecule has 2 fully saturated rings. The first-order chi connectivity index (χ1) is 11.2. The van der Waals surface area contributed by atoms with E-state index < -0.39 is 5.82 Å². The van der Waals surface area contributed by atoms with Gasteiger partial charge in [0.05, 0.1) is 5.56 Å². The van der Waals surface area contributed by atoms with Crippen molar-refractivity contribution in [1.82, 2.24) is 4.98 Å². The first-order valence-electron chi connectivity index (χ1n) is 8.01. The second-order valence-corrected chi connectivity index (χ2v) is 6.97. The summed E-state index contributed by atoms with van der Waals surface area (Å²) in [6.07, 6.45) is 7.37. The van der Waals surface area contributed by atoms with Crippen LogP contribution in [0.1, 0.15) is 24.0 Å². The predicted molar refractivity (Wildman–Crippen MR) is 86.4 cm³/mol. The highest BCUT2D eigenvalue weighted by Crippen LogP contribution is 2.53. The van der Waals surface area contributed by atoms with Crippen molar-refractivity contribution >= 4 is 5.69 Å². The number of aromatic nitrogens is 1. The molecule has 0 amide bonds. The summed E-state index contributed by atoms with van der Waals surface area (Å²) in [6.45, 7) is 2.00. The number of pyridine rings is 1. The van der Waals surface area contributed by atoms with Crippen LogP contribution in [-0.2, 0) is 6.42 Å². The Morgan fingerprint density at radius 1 is 1.30 bits per heavy atom. The molecule has 23 heavy (non-hydrogen) atoms. The summed E-state index contributed by atoms with van der Waals surface area (Å²) in [5, 5.41) is 8.79. The zero-order valence-corrected chi connectivity index (χ0v) is 12.9. The monoisotopic (exact) mass is 307 g/mol. The van der Waals surface area contributed by atoms with Gasteiger partial charge in [-0.1, -0.05) is 6.07 Å². The molecule has 1 aliphatic heterocycles. The van der Waals surface area contributed by atoms with Crippen molar-refractivity contribution in [2.75, 3.05) is 18.0 Å². The number of hydrogen-bond donors (Lipinski definition) is 0. The molecule has 1 saturated heterocycles. The molecule has 1 saturated carbocycles. The summed E-state index contributed by atoms with van der Waals surface area (Å²) in [7, 11) is 0. The van der Waals surface area contributed by atoms with Crippen LogP contribution in [0.25, 0.3) is 0 Å². The smallest absolute Gasteiger partial charge is 0.143 e. The molecule has 4 rings (SSSR count). The number of anilines is 1. The maximum atomic E-state index is 13.7. The summed E-state index contributed by atoms with van der Waals surface area (Å²) >= 11 is 0. The van der Waals surface area contributed by atoms with Gasteiger partial charge in [-0.25, -0.2) is 4.39 Å². The Balaban J connectivity index is 1.33. The molecule has 1 aliphatic carbocycles. The number of hydrogen-bond acceptors (Lipinski definition) is 3. The summed E-state index contributed by atoms with van der Waals surface area (Å²) in [4.78, 5) is 6.39. The van der Waals surface area contributed by atoms with E-state index in [1.54, 1.807) is 6.07 Å². The van der Waals surface area contributed by atoms with Crippen molar-refractivity contribution in [1.29, 1.82) is 5.26 Å². The Bertz CT molecular complexity index is 752. The third kappa shape index (κ3) is 2.57. The SMILES string of the molecule is N#Cc1ccc(N2CC3(CC(Cc4cccnc4)C3)C2)cc1F. The van der Waals surface area contributed by atoms with Gasteiger partial charge < -0.3 is 4.90 Å². The second-order valence-electron chi connectivity index (χ2n) is 6.97. The summed E-state index contributed by atoms with van der Waals surface area (Å²) < 4.78 is 13.7. The van der Waals surface area contributed by atoms with Gasteiger partial charge in [0.15, 0.2) is 0 Å². The van der Waals surface area contributed by atoms with Crippen LogP contribution >= 0.6 is 0 Å². The van der Waals surface area contributed by atoms with Crippen molar-refractivity contribution in [2.24, 2.45) is 11.3 Å². The van der Waals surface area contributed by atoms with Gasteiger partial charge in [0.1, 0.15) is 11.9 Å². The minimum absolute atomic E-state index is 0.115. The van der Waals surface area contributed by atoms with E-state index in [9.17, 15) is 4.39 Å². The third-order valence-corrected chi connectivity index (χ3v) is 5.18. The van der Waals surface area contributed by atoms with Crippen molar-refractivity contribution in [3.63, 3.8) is 0 Å². The predicted octanol–water partition coefficient (Wildman–Crippen LogP) is 3.55. The first-order valence-corrected chi connectivity index (χ1v) is 8.01. The number of benzene rings is 1. The minimum Gasteiger partial charge on any atom is -0.370 e. The molecule has 4 heteroatoms. The quantitative estimate of drug-likeness (QED) is 0.870. The Hall–Kier alpha value is -2.41. The van der Waals surface area contributed by atoms with Crippen LogP contribution in [0.5, 0.6) is 0 Å². The molecule has 0 unspecified atom stereocenters. The fraction of sp³-hybridized carbons (Fsp3) is 0.368. The molecule has 1 aromatic heterocycles. The van der Waals surface area contributed by atoms with E-state index in [-0.39, 0.29) is 5.56 Å². The lowest BCUT2D eigenvalue weighted by Crippen LogP contribution is -2.62. The number of rotatable bonds is 3. The van der Waals surface area contributed by atoms with E-state index in [2.05, 4.69) is 16.0 Å². The Kier molecular flexibility index (Phi) is 3.30. The molecule has 3 nitrogen and oxygen atoms in total. The van der Waals surface area contributed by atoms with E-state index >= 15 is 0 Å². The van der Waals surface area contributed by atoms with E-state index in [4.69, 9.17) is 5.26 Å². The second kappa shape index (κ2) is 5.34. The molecule has 0 bridgehead atoms. The van der Waals surface area contributed by atoms with E-state index in [1.807, 2.05) is 30.6 Å². The molecule has 2 aliphatic rings. The zero-order valence-electron chi connectivity index (χ0n) is 12.9. The van der Waals surface area contributed by atoms with Crippen molar-refractivity contribution in [3.05, 3.63) is 59.7 Å². The normalized spacial score (nSPS) is 19.0. The minimum atomic E-state index is -0.422. The lowest BCUT2D eigenvalue weighted by Gasteiger charge is -2.60. The summed E-state index contributed by atoms with van der Waals surface area (Å²) in [6, 6.07) is 10.9. The van der Waals surface area contributed by atoms with Crippen LogP contribution < -0.4 is 4.90 Å². The van der Waals surface area contributed by atoms with E-state index in [0.717, 1.165) is 31.1 Å². The third-order valence-electron chi connectivity index (χ3n) is 5.18. The van der Waals surface area contributed by atoms with Crippen molar-refractivity contribution in [2.45, 2.75) is 19.3 Å². The molecule has 2 heterocycles. The van der Waals surface area contributed by atoms with Gasteiger partial charge in [-0.3, -0.25) is 4.98 Å². The van der Waals surface area contributed by atoms with Crippen LogP contribution in [0.15, 0.2) is 42.7 Å². The van der Waals surface area contributed by atoms with Crippen LogP contribution in [0, 0.1) is 28.5 Å². The van der Waals surface area contributed by atoms with Crippen molar-refractivity contribution in [3.8, 4) is 6.07 Å². The fourth-order valence-corrected chi connectivity index (χ4v) is 4.16. The van der Waals surface area contributed by atoms with Crippen LogP contribution in [0.3, 0.4) is 0 Å². The highest BCUT2D eigenvalue weighted by atomic mass is 19.1. The van der Waals surface area contributed by atoms with Gasteiger partial charge >= 0.3 is 0 Å². The lowest BCUT2D eigenvalue weighted by molar-refractivity contribution is 0.0239. The molecule has 0 radical (unpaired) electrons. The van der Waals surface area contributed by atoms with Crippen LogP contribution in [-0.4, -0.2) is 18.1 Å². The van der Waals surface area contributed by atoms with Gasteiger partial charge in [-0.15, -0.1) is 0 Å². The van der Waals surface area contributed by atoms with Gasteiger partial charge in [0.2, 0.25) is 0 Å².